The quantitative estimate of drug-likeness (QED) is 0.625. The summed E-state index contributed by atoms with van der Waals surface area (Å²) in [5.41, 5.74) is 3.18. The standard InChI is InChI=1S/C24H26N4O3S/c29-22-13-19(16-28(22)15-17-4-2-1-3-5-17)23(30)26-24-25-20-7-6-18(12-21(20)32-24)14-27-8-10-31-11-9-27/h1-7,12,19H,8-11,13-16H2,(H,25,26,30). The molecule has 1 atom stereocenters. The summed E-state index contributed by atoms with van der Waals surface area (Å²) in [5, 5.41) is 3.53. The molecule has 0 spiro atoms. The van der Waals surface area contributed by atoms with Crippen LogP contribution in [0.15, 0.2) is 48.5 Å². The third-order valence-corrected chi connectivity index (χ3v) is 6.93. The summed E-state index contributed by atoms with van der Waals surface area (Å²) in [6.07, 6.45) is 0.243. The number of nitrogens with one attached hydrogen (secondary N) is 1. The molecule has 3 heterocycles. The predicted octanol–water partition coefficient (Wildman–Crippen LogP) is 3.12. The van der Waals surface area contributed by atoms with Gasteiger partial charge < -0.3 is 15.0 Å². The number of likely N-dealkylation sites (tertiary alicyclic amines) is 1. The maximum absolute atomic E-state index is 12.8. The largest absolute Gasteiger partial charge is 0.379 e. The number of anilines is 1. The molecule has 0 saturated carbocycles. The van der Waals surface area contributed by atoms with Crippen molar-refractivity contribution in [2.75, 3.05) is 38.2 Å². The van der Waals surface area contributed by atoms with E-state index in [1.54, 1.807) is 4.90 Å². The molecule has 0 bridgehead atoms. The first-order valence-corrected chi connectivity index (χ1v) is 11.8. The van der Waals surface area contributed by atoms with E-state index in [0.29, 0.717) is 18.2 Å². The molecule has 32 heavy (non-hydrogen) atoms. The van der Waals surface area contributed by atoms with Crippen molar-refractivity contribution < 1.29 is 14.3 Å². The lowest BCUT2D eigenvalue weighted by molar-refractivity contribution is -0.128. The number of carbonyl (C=O) groups excluding carboxylic acids is 2. The Kier molecular flexibility index (Phi) is 6.16. The molecule has 8 heteroatoms. The van der Waals surface area contributed by atoms with E-state index in [9.17, 15) is 9.59 Å². The number of morpholine rings is 1. The van der Waals surface area contributed by atoms with Gasteiger partial charge in [0.1, 0.15) is 0 Å². The third-order valence-electron chi connectivity index (χ3n) is 5.99. The van der Waals surface area contributed by atoms with E-state index < -0.39 is 0 Å². The lowest BCUT2D eigenvalue weighted by atomic mass is 10.1. The van der Waals surface area contributed by atoms with E-state index in [-0.39, 0.29) is 24.2 Å². The maximum Gasteiger partial charge on any atom is 0.231 e. The Morgan fingerprint density at radius 1 is 1.09 bits per heavy atom. The van der Waals surface area contributed by atoms with E-state index in [1.165, 1.54) is 16.9 Å². The van der Waals surface area contributed by atoms with Gasteiger partial charge in [-0.1, -0.05) is 47.7 Å². The zero-order valence-corrected chi connectivity index (χ0v) is 18.6. The summed E-state index contributed by atoms with van der Waals surface area (Å²) in [6.45, 7) is 5.33. The number of nitrogens with zero attached hydrogens (tertiary/aromatic N) is 3. The van der Waals surface area contributed by atoms with Crippen LogP contribution in [-0.2, 0) is 27.4 Å². The molecule has 2 aromatic carbocycles. The van der Waals surface area contributed by atoms with Crippen LogP contribution in [-0.4, -0.2) is 59.4 Å². The van der Waals surface area contributed by atoms with Crippen LogP contribution < -0.4 is 5.32 Å². The summed E-state index contributed by atoms with van der Waals surface area (Å²) in [5.74, 6) is -0.470. The van der Waals surface area contributed by atoms with Gasteiger partial charge >= 0.3 is 0 Å². The number of hydrogen-bond acceptors (Lipinski definition) is 6. The predicted molar refractivity (Wildman–Crippen MR) is 124 cm³/mol. The van der Waals surface area contributed by atoms with Gasteiger partial charge in [0.25, 0.3) is 0 Å². The minimum atomic E-state index is -0.352. The van der Waals surface area contributed by atoms with Crippen molar-refractivity contribution in [2.45, 2.75) is 19.5 Å². The average Bonchev–Trinajstić information content (AvgIpc) is 3.37. The first-order valence-electron chi connectivity index (χ1n) is 11.0. The van der Waals surface area contributed by atoms with Crippen molar-refractivity contribution in [2.24, 2.45) is 5.92 Å². The number of fused-ring (bicyclic) bond motifs is 1. The van der Waals surface area contributed by atoms with Crippen LogP contribution in [0.1, 0.15) is 17.5 Å². The lowest BCUT2D eigenvalue weighted by Crippen LogP contribution is -2.35. The van der Waals surface area contributed by atoms with Gasteiger partial charge in [-0.25, -0.2) is 4.98 Å². The highest BCUT2D eigenvalue weighted by Crippen LogP contribution is 2.29. The van der Waals surface area contributed by atoms with Gasteiger partial charge in [0.15, 0.2) is 5.13 Å². The minimum absolute atomic E-state index is 0.0195. The van der Waals surface area contributed by atoms with Crippen LogP contribution in [0.25, 0.3) is 10.2 Å². The Bertz CT molecular complexity index is 1110. The number of aromatic nitrogens is 1. The molecule has 3 aromatic rings. The number of amides is 2. The lowest BCUT2D eigenvalue weighted by Gasteiger charge is -2.26. The summed E-state index contributed by atoms with van der Waals surface area (Å²) < 4.78 is 6.47. The Morgan fingerprint density at radius 2 is 1.91 bits per heavy atom. The van der Waals surface area contributed by atoms with Gasteiger partial charge in [-0.2, -0.15) is 0 Å². The molecule has 2 aliphatic heterocycles. The topological polar surface area (TPSA) is 74.8 Å². The normalized spacial score (nSPS) is 19.6. The van der Waals surface area contributed by atoms with E-state index in [2.05, 4.69) is 27.3 Å². The Morgan fingerprint density at radius 3 is 2.72 bits per heavy atom. The van der Waals surface area contributed by atoms with Crippen LogP contribution in [0.5, 0.6) is 0 Å². The van der Waals surface area contributed by atoms with Crippen LogP contribution >= 0.6 is 11.3 Å². The molecule has 2 aliphatic rings. The molecule has 0 aliphatic carbocycles. The van der Waals surface area contributed by atoms with Crippen molar-refractivity contribution in [1.29, 1.82) is 0 Å². The smallest absolute Gasteiger partial charge is 0.231 e. The molecule has 2 fully saturated rings. The first kappa shape index (κ1) is 21.1. The SMILES string of the molecule is O=C(Nc1nc2ccc(CN3CCOCC3)cc2s1)C1CC(=O)N(Cc2ccccc2)C1. The van der Waals surface area contributed by atoms with Crippen LogP contribution in [0.3, 0.4) is 0 Å². The average molecular weight is 451 g/mol. The molecule has 5 rings (SSSR count). The van der Waals surface area contributed by atoms with Crippen molar-refractivity contribution in [1.82, 2.24) is 14.8 Å². The zero-order chi connectivity index (χ0) is 21.9. The molecule has 166 valence electrons. The van der Waals surface area contributed by atoms with Gasteiger partial charge in [0.05, 0.1) is 29.3 Å². The number of hydrogen-bond donors (Lipinski definition) is 1. The van der Waals surface area contributed by atoms with Gasteiger partial charge in [0, 0.05) is 39.1 Å². The summed E-state index contributed by atoms with van der Waals surface area (Å²) >= 11 is 1.48. The fourth-order valence-corrected chi connectivity index (χ4v) is 5.18. The van der Waals surface area contributed by atoms with Crippen molar-refractivity contribution >= 4 is 38.5 Å². The number of thiazole rings is 1. The monoisotopic (exact) mass is 450 g/mol. The van der Waals surface area contributed by atoms with Crippen molar-refractivity contribution in [3.05, 3.63) is 59.7 Å². The minimum Gasteiger partial charge on any atom is -0.379 e. The fourth-order valence-electron chi connectivity index (χ4n) is 4.25. The highest BCUT2D eigenvalue weighted by Gasteiger charge is 2.34. The number of carbonyl (C=O) groups is 2. The van der Waals surface area contributed by atoms with Crippen LogP contribution in [0.2, 0.25) is 0 Å². The Labute approximate surface area is 191 Å². The van der Waals surface area contributed by atoms with Crippen molar-refractivity contribution in [3.63, 3.8) is 0 Å². The van der Waals surface area contributed by atoms with E-state index in [0.717, 1.165) is 48.6 Å². The molecule has 0 radical (unpaired) electrons. The second kappa shape index (κ2) is 9.36. The van der Waals surface area contributed by atoms with Gasteiger partial charge in [-0.05, 0) is 23.3 Å². The maximum atomic E-state index is 12.8. The van der Waals surface area contributed by atoms with Crippen LogP contribution in [0.4, 0.5) is 5.13 Å². The summed E-state index contributed by atoms with van der Waals surface area (Å²) in [6, 6.07) is 16.1. The van der Waals surface area contributed by atoms with Crippen LogP contribution in [0, 0.1) is 5.92 Å². The highest BCUT2D eigenvalue weighted by molar-refractivity contribution is 7.22. The van der Waals surface area contributed by atoms with Gasteiger partial charge in [0.2, 0.25) is 11.8 Å². The number of ether oxygens (including phenoxy) is 1. The summed E-state index contributed by atoms with van der Waals surface area (Å²) in [7, 11) is 0. The fraction of sp³-hybridized carbons (Fsp3) is 0.375. The zero-order valence-electron chi connectivity index (χ0n) is 17.8. The molecule has 1 N–H and O–H groups in total. The Hall–Kier alpha value is -2.81. The van der Waals surface area contributed by atoms with E-state index in [1.807, 2.05) is 36.4 Å². The third kappa shape index (κ3) is 4.82. The van der Waals surface area contributed by atoms with Gasteiger partial charge in [-0.15, -0.1) is 0 Å². The van der Waals surface area contributed by atoms with Gasteiger partial charge in [-0.3, -0.25) is 14.5 Å². The van der Waals surface area contributed by atoms with Crippen molar-refractivity contribution in [3.8, 4) is 0 Å². The second-order valence-electron chi connectivity index (χ2n) is 8.36. The molecule has 2 amide bonds. The van der Waals surface area contributed by atoms with E-state index in [4.69, 9.17) is 4.74 Å². The molecule has 1 aromatic heterocycles. The number of rotatable bonds is 6. The molecule has 2 saturated heterocycles. The molecular weight excluding hydrogens is 424 g/mol. The summed E-state index contributed by atoms with van der Waals surface area (Å²) in [4.78, 5) is 33.9. The molecular formula is C24H26N4O3S. The second-order valence-corrected chi connectivity index (χ2v) is 9.39. The highest BCUT2D eigenvalue weighted by atomic mass is 32.1. The molecule has 1 unspecified atom stereocenters. The molecule has 7 nitrogen and oxygen atoms in total. The van der Waals surface area contributed by atoms with E-state index >= 15 is 0 Å². The number of benzene rings is 2. The first-order chi connectivity index (χ1) is 15.6. The Balaban J connectivity index is 1.21.